The Hall–Kier alpha value is -3.00. The fourth-order valence-corrected chi connectivity index (χ4v) is 6.74. The lowest BCUT2D eigenvalue weighted by Crippen LogP contribution is -2.57. The Morgan fingerprint density at radius 2 is 1.52 bits per heavy atom. The van der Waals surface area contributed by atoms with Crippen LogP contribution in [0.2, 0.25) is 0 Å². The number of benzene rings is 2. The van der Waals surface area contributed by atoms with E-state index in [1.165, 1.54) is 7.11 Å². The molecule has 1 heterocycles. The standard InChI is InChI=1S/C32H44N2O5S/c1-21(2)40-32(24-17-15-23(16-18-24)22-13-11-10-12-14-22)19-25(28(36)38-9)34(20-32)27(35)26(30(3,4)5)33-29(37)39-31(6,7)8/h10-18,21,25-26H,19-20H2,1-9H3,(H,33,37)/t25-,26+,32-/m0/s1. The number of thioether (sulfide) groups is 1. The molecule has 0 saturated carbocycles. The summed E-state index contributed by atoms with van der Waals surface area (Å²) in [6, 6.07) is 16.8. The molecule has 8 heteroatoms. The molecular weight excluding hydrogens is 524 g/mol. The number of likely N-dealkylation sites (tertiary alicyclic amines) is 1. The molecule has 1 fully saturated rings. The van der Waals surface area contributed by atoms with Crippen LogP contribution in [0.3, 0.4) is 0 Å². The average molecular weight is 569 g/mol. The number of esters is 1. The molecule has 3 rings (SSSR count). The van der Waals surface area contributed by atoms with Crippen molar-refractivity contribution in [2.75, 3.05) is 13.7 Å². The number of nitrogens with one attached hydrogen (secondary N) is 1. The van der Waals surface area contributed by atoms with Crippen LogP contribution in [-0.2, 0) is 23.8 Å². The van der Waals surface area contributed by atoms with Crippen molar-refractivity contribution in [3.63, 3.8) is 0 Å². The topological polar surface area (TPSA) is 84.9 Å². The number of hydrogen-bond acceptors (Lipinski definition) is 6. The van der Waals surface area contributed by atoms with Crippen LogP contribution < -0.4 is 5.32 Å². The van der Waals surface area contributed by atoms with Crippen molar-refractivity contribution in [1.29, 1.82) is 0 Å². The summed E-state index contributed by atoms with van der Waals surface area (Å²) in [5.74, 6) is -0.800. The lowest BCUT2D eigenvalue weighted by atomic mass is 9.85. The van der Waals surface area contributed by atoms with Crippen LogP contribution in [0.4, 0.5) is 4.79 Å². The number of rotatable bonds is 7. The Bertz CT molecular complexity index is 1180. The minimum atomic E-state index is -0.908. The van der Waals surface area contributed by atoms with Gasteiger partial charge in [0, 0.05) is 6.54 Å². The van der Waals surface area contributed by atoms with Gasteiger partial charge in [-0.3, -0.25) is 4.79 Å². The minimum Gasteiger partial charge on any atom is -0.467 e. The molecule has 1 saturated heterocycles. The average Bonchev–Trinajstić information content (AvgIpc) is 3.25. The SMILES string of the molecule is COC(=O)[C@@H]1C[C@@](SC(C)C)(c2ccc(-c3ccccc3)cc2)CN1C(=O)[C@@H](NC(=O)OC(C)(C)C)C(C)(C)C. The Kier molecular flexibility index (Phi) is 9.66. The predicted octanol–water partition coefficient (Wildman–Crippen LogP) is 6.40. The highest BCUT2D eigenvalue weighted by Gasteiger charge is 2.53. The van der Waals surface area contributed by atoms with Crippen LogP contribution in [0.5, 0.6) is 0 Å². The zero-order valence-corrected chi connectivity index (χ0v) is 26.1. The fraction of sp³-hybridized carbons (Fsp3) is 0.531. The zero-order chi connectivity index (χ0) is 29.9. The van der Waals surface area contributed by atoms with Gasteiger partial charge in [-0.25, -0.2) is 9.59 Å². The van der Waals surface area contributed by atoms with Gasteiger partial charge >= 0.3 is 12.1 Å². The smallest absolute Gasteiger partial charge is 0.408 e. The monoisotopic (exact) mass is 568 g/mol. The van der Waals surface area contributed by atoms with Crippen LogP contribution in [0.1, 0.15) is 67.4 Å². The molecule has 1 aliphatic rings. The second-order valence-electron chi connectivity index (χ2n) is 12.8. The van der Waals surface area contributed by atoms with Crippen molar-refractivity contribution in [2.24, 2.45) is 5.41 Å². The molecule has 0 radical (unpaired) electrons. The van der Waals surface area contributed by atoms with Gasteiger partial charge in [0.05, 0.1) is 11.9 Å². The molecule has 0 aromatic heterocycles. The van der Waals surface area contributed by atoms with Gasteiger partial charge in [0.1, 0.15) is 17.7 Å². The van der Waals surface area contributed by atoms with Gasteiger partial charge in [-0.05, 0) is 54.5 Å². The largest absolute Gasteiger partial charge is 0.467 e. The third-order valence-electron chi connectivity index (χ3n) is 6.83. The van der Waals surface area contributed by atoms with Crippen LogP contribution in [-0.4, -0.2) is 59.5 Å². The number of methoxy groups -OCH3 is 1. The number of carbonyl (C=O) groups is 3. The molecule has 0 unspecified atom stereocenters. The van der Waals surface area contributed by atoms with E-state index in [-0.39, 0.29) is 11.2 Å². The van der Waals surface area contributed by atoms with E-state index in [0.29, 0.717) is 13.0 Å². The van der Waals surface area contributed by atoms with Crippen molar-refractivity contribution in [3.8, 4) is 11.1 Å². The maximum Gasteiger partial charge on any atom is 0.408 e. The summed E-state index contributed by atoms with van der Waals surface area (Å²) in [7, 11) is 1.34. The Morgan fingerprint density at radius 3 is 2.02 bits per heavy atom. The summed E-state index contributed by atoms with van der Waals surface area (Å²) in [5, 5.41) is 3.03. The summed E-state index contributed by atoms with van der Waals surface area (Å²) in [6.07, 6.45) is -0.267. The third kappa shape index (κ3) is 7.59. The van der Waals surface area contributed by atoms with Crippen LogP contribution in [0.25, 0.3) is 11.1 Å². The first-order valence-electron chi connectivity index (χ1n) is 13.8. The molecule has 3 atom stereocenters. The summed E-state index contributed by atoms with van der Waals surface area (Å²) in [5.41, 5.74) is 1.91. The fourth-order valence-electron chi connectivity index (χ4n) is 5.10. The number of amides is 2. The number of carbonyl (C=O) groups excluding carboxylic acids is 3. The van der Waals surface area contributed by atoms with Crippen LogP contribution in [0, 0.1) is 5.41 Å². The first kappa shape index (κ1) is 31.5. The number of alkyl carbamates (subject to hydrolysis) is 1. The highest BCUT2D eigenvalue weighted by Crippen LogP contribution is 2.49. The Labute approximate surface area is 243 Å². The number of nitrogens with zero attached hydrogens (tertiary/aromatic N) is 1. The zero-order valence-electron chi connectivity index (χ0n) is 25.2. The van der Waals surface area contributed by atoms with Crippen molar-refractivity contribution in [1.82, 2.24) is 10.2 Å². The molecule has 2 amide bonds. The van der Waals surface area contributed by atoms with E-state index >= 15 is 0 Å². The van der Waals surface area contributed by atoms with Gasteiger partial charge in [0.15, 0.2) is 0 Å². The normalized spacial score (nSPS) is 20.2. The van der Waals surface area contributed by atoms with Gasteiger partial charge in [0.2, 0.25) is 5.91 Å². The summed E-state index contributed by atoms with van der Waals surface area (Å²) in [4.78, 5) is 41.7. The van der Waals surface area contributed by atoms with Crippen molar-refractivity contribution >= 4 is 29.7 Å². The molecule has 1 aliphatic heterocycles. The minimum absolute atomic E-state index is 0.237. The van der Waals surface area contributed by atoms with Crippen LogP contribution in [0.15, 0.2) is 54.6 Å². The molecule has 0 bridgehead atoms. The van der Waals surface area contributed by atoms with E-state index in [9.17, 15) is 14.4 Å². The third-order valence-corrected chi connectivity index (χ3v) is 8.29. The van der Waals surface area contributed by atoms with Crippen molar-refractivity contribution in [3.05, 3.63) is 60.2 Å². The second-order valence-corrected chi connectivity index (χ2v) is 14.7. The first-order valence-corrected chi connectivity index (χ1v) is 14.7. The lowest BCUT2D eigenvalue weighted by molar-refractivity contribution is -0.152. The van der Waals surface area contributed by atoms with Crippen LogP contribution >= 0.6 is 11.8 Å². The molecule has 7 nitrogen and oxygen atoms in total. The second kappa shape index (κ2) is 12.2. The van der Waals surface area contributed by atoms with Gasteiger partial charge in [-0.15, -0.1) is 11.8 Å². The van der Waals surface area contributed by atoms with E-state index in [2.05, 4.69) is 55.6 Å². The molecule has 1 N–H and O–H groups in total. The molecule has 2 aromatic carbocycles. The molecule has 0 aliphatic carbocycles. The van der Waals surface area contributed by atoms with E-state index < -0.39 is 39.9 Å². The van der Waals surface area contributed by atoms with Gasteiger partial charge in [0.25, 0.3) is 0 Å². The molecule has 2 aromatic rings. The quantitative estimate of drug-likeness (QED) is 0.389. The maximum absolute atomic E-state index is 14.2. The summed E-state index contributed by atoms with van der Waals surface area (Å²) < 4.78 is 10.1. The Morgan fingerprint density at radius 1 is 0.950 bits per heavy atom. The molecular formula is C32H44N2O5S. The Balaban J connectivity index is 2.01. The van der Waals surface area contributed by atoms with Gasteiger partial charge in [-0.2, -0.15) is 0 Å². The molecule has 40 heavy (non-hydrogen) atoms. The summed E-state index contributed by atoms with van der Waals surface area (Å²) >= 11 is 1.74. The lowest BCUT2D eigenvalue weighted by Gasteiger charge is -2.36. The van der Waals surface area contributed by atoms with E-state index in [4.69, 9.17) is 9.47 Å². The van der Waals surface area contributed by atoms with E-state index in [1.807, 2.05) is 39.0 Å². The predicted molar refractivity (Wildman–Crippen MR) is 161 cm³/mol. The van der Waals surface area contributed by atoms with Crippen molar-refractivity contribution in [2.45, 2.75) is 89.5 Å². The molecule has 218 valence electrons. The number of ether oxygens (including phenoxy) is 2. The van der Waals surface area contributed by atoms with Crippen molar-refractivity contribution < 1.29 is 23.9 Å². The molecule has 0 spiro atoms. The number of hydrogen-bond donors (Lipinski definition) is 1. The van der Waals surface area contributed by atoms with E-state index in [1.54, 1.807) is 37.4 Å². The highest BCUT2D eigenvalue weighted by molar-refractivity contribution is 8.00. The highest BCUT2D eigenvalue weighted by atomic mass is 32.2. The summed E-state index contributed by atoms with van der Waals surface area (Å²) in [6.45, 7) is 15.5. The first-order chi connectivity index (χ1) is 18.6. The van der Waals surface area contributed by atoms with Gasteiger partial charge < -0.3 is 19.7 Å². The maximum atomic E-state index is 14.2. The van der Waals surface area contributed by atoms with Gasteiger partial charge in [-0.1, -0.05) is 89.2 Å². The van der Waals surface area contributed by atoms with E-state index in [0.717, 1.165) is 16.7 Å².